The first-order valence-electron chi connectivity index (χ1n) is 6.61. The van der Waals surface area contributed by atoms with Crippen molar-refractivity contribution in [1.82, 2.24) is 10.3 Å². The van der Waals surface area contributed by atoms with E-state index in [0.29, 0.717) is 5.54 Å². The topological polar surface area (TPSA) is 34.1 Å². The minimum Gasteiger partial charge on any atom is -0.489 e. The van der Waals surface area contributed by atoms with Gasteiger partial charge in [0.05, 0.1) is 12.3 Å². The summed E-state index contributed by atoms with van der Waals surface area (Å²) in [6.45, 7) is 7.44. The molecule has 1 aromatic heterocycles. The zero-order valence-corrected chi connectivity index (χ0v) is 11.4. The number of hydrogen-bond acceptors (Lipinski definition) is 3. The summed E-state index contributed by atoms with van der Waals surface area (Å²) in [6.07, 6.45) is 10.4. The zero-order chi connectivity index (χ0) is 13.0. The molecule has 0 saturated carbocycles. The minimum atomic E-state index is 0.184. The number of rotatable bonds is 5. The van der Waals surface area contributed by atoms with E-state index in [1.54, 1.807) is 6.20 Å². The molecule has 1 fully saturated rings. The van der Waals surface area contributed by atoms with E-state index in [1.807, 2.05) is 26.1 Å². The molecule has 98 valence electrons. The van der Waals surface area contributed by atoms with Gasteiger partial charge in [-0.3, -0.25) is 4.98 Å². The number of hydrogen-bond donors (Lipinski definition) is 1. The molecule has 1 atom stereocenters. The molecule has 0 aromatic carbocycles. The van der Waals surface area contributed by atoms with E-state index in [2.05, 4.69) is 29.4 Å². The average Bonchev–Trinajstić information content (AvgIpc) is 2.26. The molecule has 1 saturated heterocycles. The van der Waals surface area contributed by atoms with Crippen molar-refractivity contribution >= 4 is 6.08 Å². The highest BCUT2D eigenvalue weighted by molar-refractivity contribution is 5.50. The predicted molar refractivity (Wildman–Crippen MR) is 74.7 cm³/mol. The van der Waals surface area contributed by atoms with E-state index in [0.717, 1.165) is 24.3 Å². The second-order valence-electron chi connectivity index (χ2n) is 5.46. The monoisotopic (exact) mass is 246 g/mol. The zero-order valence-electron chi connectivity index (χ0n) is 11.4. The van der Waals surface area contributed by atoms with Crippen LogP contribution in [-0.2, 0) is 0 Å². The van der Waals surface area contributed by atoms with Crippen LogP contribution in [0.4, 0.5) is 0 Å². The predicted octanol–water partition coefficient (Wildman–Crippen LogP) is 3.02. The molecule has 18 heavy (non-hydrogen) atoms. The molecule has 0 amide bonds. The highest BCUT2D eigenvalue weighted by Gasteiger charge is 2.28. The summed E-state index contributed by atoms with van der Waals surface area (Å²) in [7, 11) is 0. The summed E-state index contributed by atoms with van der Waals surface area (Å²) in [5, 5.41) is 3.45. The third kappa shape index (κ3) is 3.57. The van der Waals surface area contributed by atoms with Crippen molar-refractivity contribution < 1.29 is 4.74 Å². The van der Waals surface area contributed by atoms with Crippen LogP contribution in [0.1, 0.15) is 39.2 Å². The standard InChI is InChI=1S/C15H22N2O/c1-12(2)18-14-9-13(10-16-11-14)5-4-6-15(3)7-8-17-15/h4-5,9-12,17H,6-8H2,1-3H3. The van der Waals surface area contributed by atoms with Gasteiger partial charge in [0.25, 0.3) is 0 Å². The van der Waals surface area contributed by atoms with E-state index < -0.39 is 0 Å². The van der Waals surface area contributed by atoms with Crippen LogP contribution in [0.5, 0.6) is 5.75 Å². The molecule has 2 heterocycles. The van der Waals surface area contributed by atoms with Crippen molar-refractivity contribution in [1.29, 1.82) is 0 Å². The smallest absolute Gasteiger partial charge is 0.138 e. The molecular weight excluding hydrogens is 224 g/mol. The molecule has 1 unspecified atom stereocenters. The van der Waals surface area contributed by atoms with Crippen molar-refractivity contribution in [2.75, 3.05) is 6.54 Å². The molecule has 0 spiro atoms. The van der Waals surface area contributed by atoms with Crippen molar-refractivity contribution in [3.05, 3.63) is 30.1 Å². The molecule has 2 rings (SSSR count). The molecule has 0 aliphatic carbocycles. The van der Waals surface area contributed by atoms with Crippen LogP contribution in [-0.4, -0.2) is 23.2 Å². The van der Waals surface area contributed by atoms with Crippen LogP contribution in [0.15, 0.2) is 24.5 Å². The Balaban J connectivity index is 1.94. The number of ether oxygens (including phenoxy) is 1. The van der Waals surface area contributed by atoms with E-state index >= 15 is 0 Å². The third-order valence-corrected chi connectivity index (χ3v) is 3.21. The lowest BCUT2D eigenvalue weighted by Gasteiger charge is -2.39. The normalized spacial score (nSPS) is 23.3. The Morgan fingerprint density at radius 3 is 2.89 bits per heavy atom. The van der Waals surface area contributed by atoms with Crippen LogP contribution >= 0.6 is 0 Å². The lowest BCUT2D eigenvalue weighted by Crippen LogP contribution is -2.54. The van der Waals surface area contributed by atoms with Gasteiger partial charge in [-0.25, -0.2) is 0 Å². The van der Waals surface area contributed by atoms with Crippen molar-refractivity contribution in [3.8, 4) is 5.75 Å². The van der Waals surface area contributed by atoms with Gasteiger partial charge in [-0.15, -0.1) is 0 Å². The first-order valence-corrected chi connectivity index (χ1v) is 6.61. The summed E-state index contributed by atoms with van der Waals surface area (Å²) < 4.78 is 5.63. The first-order chi connectivity index (χ1) is 8.57. The van der Waals surface area contributed by atoms with Gasteiger partial charge in [-0.2, -0.15) is 0 Å². The molecule has 1 aromatic rings. The van der Waals surface area contributed by atoms with E-state index in [4.69, 9.17) is 4.74 Å². The van der Waals surface area contributed by atoms with Crippen LogP contribution in [0, 0.1) is 0 Å². The fraction of sp³-hybridized carbons (Fsp3) is 0.533. The molecule has 0 bridgehead atoms. The fourth-order valence-corrected chi connectivity index (χ4v) is 2.04. The van der Waals surface area contributed by atoms with Gasteiger partial charge in [-0.1, -0.05) is 12.2 Å². The maximum atomic E-state index is 5.63. The summed E-state index contributed by atoms with van der Waals surface area (Å²) >= 11 is 0. The maximum absolute atomic E-state index is 5.63. The number of nitrogens with one attached hydrogen (secondary N) is 1. The van der Waals surface area contributed by atoms with Crippen LogP contribution in [0.2, 0.25) is 0 Å². The van der Waals surface area contributed by atoms with Gasteiger partial charge in [0.2, 0.25) is 0 Å². The molecule has 1 N–H and O–H groups in total. The number of aromatic nitrogens is 1. The summed E-state index contributed by atoms with van der Waals surface area (Å²) in [4.78, 5) is 4.20. The highest BCUT2D eigenvalue weighted by atomic mass is 16.5. The van der Waals surface area contributed by atoms with E-state index in [1.165, 1.54) is 6.42 Å². The maximum Gasteiger partial charge on any atom is 0.138 e. The molecule has 1 aliphatic heterocycles. The Morgan fingerprint density at radius 1 is 1.50 bits per heavy atom. The fourth-order valence-electron chi connectivity index (χ4n) is 2.04. The number of pyridine rings is 1. The summed E-state index contributed by atoms with van der Waals surface area (Å²) in [6, 6.07) is 2.03. The van der Waals surface area contributed by atoms with Crippen LogP contribution in [0.3, 0.4) is 0 Å². The average molecular weight is 246 g/mol. The largest absolute Gasteiger partial charge is 0.489 e. The van der Waals surface area contributed by atoms with Gasteiger partial charge in [0.1, 0.15) is 5.75 Å². The van der Waals surface area contributed by atoms with Gasteiger partial charge < -0.3 is 10.1 Å². The van der Waals surface area contributed by atoms with Gasteiger partial charge in [-0.05, 0) is 51.8 Å². The Kier molecular flexibility index (Phi) is 4.02. The van der Waals surface area contributed by atoms with Gasteiger partial charge in [0.15, 0.2) is 0 Å². The van der Waals surface area contributed by atoms with E-state index in [9.17, 15) is 0 Å². The molecule has 1 aliphatic rings. The second kappa shape index (κ2) is 5.53. The molecule has 0 radical (unpaired) electrons. The van der Waals surface area contributed by atoms with Crippen molar-refractivity contribution in [2.45, 2.75) is 45.3 Å². The molecular formula is C15H22N2O. The van der Waals surface area contributed by atoms with Gasteiger partial charge >= 0.3 is 0 Å². The Hall–Kier alpha value is -1.35. The van der Waals surface area contributed by atoms with Crippen LogP contribution in [0.25, 0.3) is 6.08 Å². The lowest BCUT2D eigenvalue weighted by molar-refractivity contribution is 0.236. The number of nitrogens with zero attached hydrogens (tertiary/aromatic N) is 1. The van der Waals surface area contributed by atoms with Crippen LogP contribution < -0.4 is 10.1 Å². The Labute approximate surface area is 109 Å². The quantitative estimate of drug-likeness (QED) is 0.867. The summed E-state index contributed by atoms with van der Waals surface area (Å²) in [5.41, 5.74) is 1.40. The second-order valence-corrected chi connectivity index (χ2v) is 5.46. The van der Waals surface area contributed by atoms with Crippen molar-refractivity contribution in [3.63, 3.8) is 0 Å². The highest BCUT2D eigenvalue weighted by Crippen LogP contribution is 2.23. The third-order valence-electron chi connectivity index (χ3n) is 3.21. The van der Waals surface area contributed by atoms with Crippen molar-refractivity contribution in [2.24, 2.45) is 0 Å². The first kappa shape index (κ1) is 13.1. The Bertz CT molecular complexity index is 422. The van der Waals surface area contributed by atoms with E-state index in [-0.39, 0.29) is 6.10 Å². The van der Waals surface area contributed by atoms with Gasteiger partial charge in [0, 0.05) is 11.7 Å². The molecule has 3 heteroatoms. The SMILES string of the molecule is CC(C)Oc1cncc(C=CCC2(C)CCN2)c1. The molecule has 3 nitrogen and oxygen atoms in total. The minimum absolute atomic E-state index is 0.184. The Morgan fingerprint density at radius 2 is 2.28 bits per heavy atom. The lowest BCUT2D eigenvalue weighted by atomic mass is 9.86. The summed E-state index contributed by atoms with van der Waals surface area (Å²) in [5.74, 6) is 0.833.